The van der Waals surface area contributed by atoms with E-state index in [9.17, 15) is 13.2 Å². The number of benzene rings is 3. The first kappa shape index (κ1) is 26.2. The number of allylic oxidation sites excluding steroid dienone is 3. The Morgan fingerprint density at radius 1 is 0.857 bits per heavy atom. The largest absolute Gasteiger partial charge is 0.378 e. The van der Waals surface area contributed by atoms with Crippen molar-refractivity contribution in [3.05, 3.63) is 119 Å². The smallest absolute Gasteiger partial charge is 0.166 e. The van der Waals surface area contributed by atoms with E-state index in [1.165, 1.54) is 6.08 Å². The quantitative estimate of drug-likeness (QED) is 0.199. The van der Waals surface area contributed by atoms with Gasteiger partial charge in [-0.15, -0.1) is 0 Å². The average molecular weight is 477 g/mol. The van der Waals surface area contributed by atoms with Gasteiger partial charge in [-0.3, -0.25) is 0 Å². The van der Waals surface area contributed by atoms with Gasteiger partial charge in [0.15, 0.2) is 11.6 Å². The Hall–Kier alpha value is -3.37. The van der Waals surface area contributed by atoms with Crippen molar-refractivity contribution in [2.45, 2.75) is 33.1 Å². The van der Waals surface area contributed by atoms with Gasteiger partial charge in [-0.25, -0.2) is 13.2 Å². The molecule has 3 aromatic rings. The summed E-state index contributed by atoms with van der Waals surface area (Å²) in [7, 11) is 0. The van der Waals surface area contributed by atoms with Crippen LogP contribution in [0.5, 0.6) is 0 Å². The molecule has 0 N–H and O–H groups in total. The molecule has 0 atom stereocenters. The molecule has 35 heavy (non-hydrogen) atoms. The molecule has 0 unspecified atom stereocenters. The number of hydrogen-bond acceptors (Lipinski definition) is 1. The van der Waals surface area contributed by atoms with Crippen LogP contribution in [0.2, 0.25) is 0 Å². The van der Waals surface area contributed by atoms with E-state index < -0.39 is 11.6 Å². The summed E-state index contributed by atoms with van der Waals surface area (Å²) >= 11 is 0. The summed E-state index contributed by atoms with van der Waals surface area (Å²) in [5.74, 6) is -1.97. The molecule has 0 aromatic heterocycles. The van der Waals surface area contributed by atoms with Gasteiger partial charge in [-0.05, 0) is 60.1 Å². The Labute approximate surface area is 206 Å². The zero-order valence-corrected chi connectivity index (χ0v) is 20.3. The number of hydrogen-bond donors (Lipinski definition) is 0. The number of aryl methyl sites for hydroxylation is 2. The minimum atomic E-state index is -0.840. The number of rotatable bonds is 11. The van der Waals surface area contributed by atoms with Crippen LogP contribution in [-0.4, -0.2) is 13.2 Å². The van der Waals surface area contributed by atoms with E-state index in [1.54, 1.807) is 30.3 Å². The second kappa shape index (κ2) is 12.9. The SMILES string of the molecule is C=Cc1ccc(-c2ccc(CCc3ccc(C(=C/CC)/C(F)=C\COCC)cc3)c(F)c2F)cc1. The highest BCUT2D eigenvalue weighted by atomic mass is 19.2. The van der Waals surface area contributed by atoms with Gasteiger partial charge in [0.25, 0.3) is 0 Å². The fourth-order valence-electron chi connectivity index (χ4n) is 3.85. The van der Waals surface area contributed by atoms with Crippen LogP contribution in [0.1, 0.15) is 42.5 Å². The van der Waals surface area contributed by atoms with Crippen LogP contribution in [0.15, 0.2) is 85.2 Å². The van der Waals surface area contributed by atoms with Crippen molar-refractivity contribution in [2.75, 3.05) is 13.2 Å². The third-order valence-electron chi connectivity index (χ3n) is 5.82. The van der Waals surface area contributed by atoms with Crippen LogP contribution in [0.25, 0.3) is 22.8 Å². The third kappa shape index (κ3) is 6.83. The summed E-state index contributed by atoms with van der Waals surface area (Å²) in [5.41, 5.74) is 4.36. The molecule has 3 rings (SSSR count). The summed E-state index contributed by atoms with van der Waals surface area (Å²) in [6.45, 7) is 8.28. The lowest BCUT2D eigenvalue weighted by Crippen LogP contribution is -2.00. The molecule has 0 aliphatic rings. The van der Waals surface area contributed by atoms with Crippen molar-refractivity contribution < 1.29 is 17.9 Å². The minimum Gasteiger partial charge on any atom is -0.378 e. The first-order chi connectivity index (χ1) is 17.0. The Bertz CT molecular complexity index is 1190. The lowest BCUT2D eigenvalue weighted by atomic mass is 9.97. The summed E-state index contributed by atoms with van der Waals surface area (Å²) < 4.78 is 49.5. The van der Waals surface area contributed by atoms with Gasteiger partial charge < -0.3 is 4.74 Å². The Kier molecular flexibility index (Phi) is 9.68. The minimum absolute atomic E-state index is 0.225. The Morgan fingerprint density at radius 2 is 1.57 bits per heavy atom. The highest BCUT2D eigenvalue weighted by molar-refractivity contribution is 5.77. The van der Waals surface area contributed by atoms with Gasteiger partial charge in [0, 0.05) is 17.7 Å². The van der Waals surface area contributed by atoms with Crippen molar-refractivity contribution in [3.8, 4) is 11.1 Å². The Morgan fingerprint density at radius 3 is 2.20 bits per heavy atom. The average Bonchev–Trinajstić information content (AvgIpc) is 2.89. The lowest BCUT2D eigenvalue weighted by Gasteiger charge is -2.10. The van der Waals surface area contributed by atoms with E-state index >= 15 is 0 Å². The van der Waals surface area contributed by atoms with Crippen molar-refractivity contribution in [1.82, 2.24) is 0 Å². The second-order valence-electron chi connectivity index (χ2n) is 8.16. The van der Waals surface area contributed by atoms with Crippen LogP contribution in [0.4, 0.5) is 13.2 Å². The fourth-order valence-corrected chi connectivity index (χ4v) is 3.85. The first-order valence-electron chi connectivity index (χ1n) is 11.9. The molecular weight excluding hydrogens is 445 g/mol. The summed E-state index contributed by atoms with van der Waals surface area (Å²) in [5, 5.41) is 0. The second-order valence-corrected chi connectivity index (χ2v) is 8.16. The van der Waals surface area contributed by atoms with Crippen molar-refractivity contribution in [2.24, 2.45) is 0 Å². The highest BCUT2D eigenvalue weighted by Gasteiger charge is 2.15. The van der Waals surface area contributed by atoms with Gasteiger partial charge in [0.05, 0.1) is 6.61 Å². The van der Waals surface area contributed by atoms with Crippen LogP contribution < -0.4 is 0 Å². The molecule has 0 spiro atoms. The molecule has 0 heterocycles. The predicted molar refractivity (Wildman–Crippen MR) is 140 cm³/mol. The molecule has 3 aromatic carbocycles. The fraction of sp³-hybridized carbons (Fsp3) is 0.226. The predicted octanol–water partition coefficient (Wildman–Crippen LogP) is 8.74. The molecule has 0 bridgehead atoms. The van der Waals surface area contributed by atoms with Gasteiger partial charge in [-0.2, -0.15) is 0 Å². The van der Waals surface area contributed by atoms with Gasteiger partial charge in [0.1, 0.15) is 5.83 Å². The molecule has 182 valence electrons. The van der Waals surface area contributed by atoms with Gasteiger partial charge >= 0.3 is 0 Å². The maximum atomic E-state index is 14.8. The van der Waals surface area contributed by atoms with Crippen molar-refractivity contribution >= 4 is 11.6 Å². The van der Waals surface area contributed by atoms with Crippen LogP contribution in [0.3, 0.4) is 0 Å². The zero-order chi connectivity index (χ0) is 25.2. The molecular formula is C31H31F3O. The van der Waals surface area contributed by atoms with Crippen LogP contribution >= 0.6 is 0 Å². The van der Waals surface area contributed by atoms with E-state index in [1.807, 2.05) is 56.3 Å². The van der Waals surface area contributed by atoms with E-state index in [0.717, 1.165) is 16.7 Å². The molecule has 0 aliphatic heterocycles. The van der Waals surface area contributed by atoms with E-state index in [-0.39, 0.29) is 18.0 Å². The third-order valence-corrected chi connectivity index (χ3v) is 5.82. The topological polar surface area (TPSA) is 9.23 Å². The number of ether oxygens (including phenoxy) is 1. The van der Waals surface area contributed by atoms with Crippen molar-refractivity contribution in [3.63, 3.8) is 0 Å². The summed E-state index contributed by atoms with van der Waals surface area (Å²) in [6.07, 6.45) is 6.59. The maximum Gasteiger partial charge on any atom is 0.166 e. The normalized spacial score (nSPS) is 12.1. The van der Waals surface area contributed by atoms with Crippen LogP contribution in [-0.2, 0) is 17.6 Å². The molecule has 0 radical (unpaired) electrons. The zero-order valence-electron chi connectivity index (χ0n) is 20.3. The molecule has 0 aliphatic carbocycles. The molecule has 4 heteroatoms. The van der Waals surface area contributed by atoms with Crippen LogP contribution in [0, 0.1) is 11.6 Å². The maximum absolute atomic E-state index is 14.8. The van der Waals surface area contributed by atoms with Gasteiger partial charge in [0.2, 0.25) is 0 Å². The summed E-state index contributed by atoms with van der Waals surface area (Å²) in [6, 6.07) is 17.9. The molecule has 0 saturated carbocycles. The molecule has 0 saturated heterocycles. The first-order valence-corrected chi connectivity index (χ1v) is 11.9. The molecule has 0 fully saturated rings. The van der Waals surface area contributed by atoms with Gasteiger partial charge in [-0.1, -0.05) is 86.3 Å². The van der Waals surface area contributed by atoms with E-state index in [0.29, 0.717) is 42.6 Å². The van der Waals surface area contributed by atoms with E-state index in [4.69, 9.17) is 4.74 Å². The highest BCUT2D eigenvalue weighted by Crippen LogP contribution is 2.28. The van der Waals surface area contributed by atoms with E-state index in [2.05, 4.69) is 6.58 Å². The standard InChI is InChI=1S/C31H31F3O/c1-4-7-27(29(32)20-21-35-6-3)24-15-10-23(11-16-24)12-17-26-18-19-28(31(34)30(26)33)25-13-8-22(5-2)9-14-25/h5,7-11,13-16,18-20H,2,4,6,12,17,21H2,1,3H3/b27-7-,29-20+. The number of halogens is 3. The molecule has 1 nitrogen and oxygen atoms in total. The summed E-state index contributed by atoms with van der Waals surface area (Å²) in [4.78, 5) is 0. The lowest BCUT2D eigenvalue weighted by molar-refractivity contribution is 0.176. The monoisotopic (exact) mass is 476 g/mol. The van der Waals surface area contributed by atoms with Crippen molar-refractivity contribution in [1.29, 1.82) is 0 Å². The molecule has 0 amide bonds. The Balaban J connectivity index is 1.71.